The molecule has 2 heteroatoms. The first-order valence-electron chi connectivity index (χ1n) is 2.80. The predicted molar refractivity (Wildman–Crippen MR) is 38.4 cm³/mol. The summed E-state index contributed by atoms with van der Waals surface area (Å²) in [6, 6.07) is 10.2. The zero-order chi connectivity index (χ0) is 6.69. The van der Waals surface area contributed by atoms with Crippen molar-refractivity contribution in [3.05, 3.63) is 41.3 Å². The van der Waals surface area contributed by atoms with Gasteiger partial charge in [-0.2, -0.15) is 5.56 Å². The van der Waals surface area contributed by atoms with Gasteiger partial charge in [0.05, 0.1) is 0 Å². The normalized spacial score (nSPS) is 8.10. The molecule has 0 heterocycles. The second-order valence-corrected chi connectivity index (χ2v) is 1.86. The topological polar surface area (TPSA) is 22.3 Å². The molecule has 0 saturated heterocycles. The average Bonchev–Trinajstić information content (AvgIpc) is 1.90. The van der Waals surface area contributed by atoms with Crippen LogP contribution in [0.25, 0.3) is 5.41 Å². The molecule has 0 bridgehead atoms. The molecule has 10 heavy (non-hydrogen) atoms. The third-order valence-corrected chi connectivity index (χ3v) is 1.10. The van der Waals surface area contributed by atoms with Crippen LogP contribution in [0.5, 0.6) is 0 Å². The van der Waals surface area contributed by atoms with E-state index in [4.69, 9.17) is 5.41 Å². The van der Waals surface area contributed by atoms with E-state index in [1.54, 1.807) is 13.0 Å². The van der Waals surface area contributed by atoms with E-state index in [1.165, 1.54) is 0 Å². The van der Waals surface area contributed by atoms with E-state index >= 15 is 0 Å². The van der Waals surface area contributed by atoms with Gasteiger partial charge in [-0.1, -0.05) is 6.92 Å². The Balaban J connectivity index is 0.000000810. The fourth-order valence-corrected chi connectivity index (χ4v) is 0.618. The summed E-state index contributed by atoms with van der Waals surface area (Å²) >= 11 is 0. The Hall–Kier alpha value is -0.422. The van der Waals surface area contributed by atoms with Crippen molar-refractivity contribution in [2.75, 3.05) is 0 Å². The molecule has 1 aromatic carbocycles. The summed E-state index contributed by atoms with van der Waals surface area (Å²) in [6.07, 6.45) is 0. The Morgan fingerprint density at radius 2 is 2.20 bits per heavy atom. The smallest absolute Gasteiger partial charge is 0.859 e. The van der Waals surface area contributed by atoms with Crippen molar-refractivity contribution in [1.29, 1.82) is 0 Å². The summed E-state index contributed by atoms with van der Waals surface area (Å²) in [5.41, 5.74) is 1.08. The maximum absolute atomic E-state index is 8.91. The molecule has 0 aliphatic heterocycles. The molecule has 0 unspecified atom stereocenters. The van der Waals surface area contributed by atoms with Gasteiger partial charge in [-0.15, -0.1) is 30.3 Å². The monoisotopic (exact) mass is 301 g/mol. The Morgan fingerprint density at radius 3 is 2.50 bits per heavy atom. The van der Waals surface area contributed by atoms with Gasteiger partial charge in [0.2, 0.25) is 0 Å². The van der Waals surface area contributed by atoms with Crippen LogP contribution in [0.15, 0.2) is 24.3 Å². The second kappa shape index (κ2) is 4.40. The third-order valence-electron chi connectivity index (χ3n) is 1.10. The molecule has 0 N–H and O–H groups in total. The van der Waals surface area contributed by atoms with Crippen LogP contribution in [0.3, 0.4) is 0 Å². The molecule has 0 aliphatic carbocycles. The minimum atomic E-state index is 0. The van der Waals surface area contributed by atoms with Gasteiger partial charge in [0.25, 0.3) is 0 Å². The minimum absolute atomic E-state index is 0. The van der Waals surface area contributed by atoms with Gasteiger partial charge in [-0.05, 0) is 0 Å². The van der Waals surface area contributed by atoms with Crippen LogP contribution >= 0.6 is 0 Å². The van der Waals surface area contributed by atoms with E-state index in [0.29, 0.717) is 5.71 Å². The molecule has 1 aromatic rings. The Kier molecular flexibility index (Phi) is 4.22. The molecule has 0 atom stereocenters. The number of rotatable bonds is 1. The van der Waals surface area contributed by atoms with Gasteiger partial charge in [-0.3, -0.25) is 5.71 Å². The fourth-order valence-electron chi connectivity index (χ4n) is 0.618. The molecule has 0 radical (unpaired) electrons. The van der Waals surface area contributed by atoms with E-state index in [1.807, 2.05) is 18.2 Å². The van der Waals surface area contributed by atoms with Crippen LogP contribution < -0.4 is 0 Å². The van der Waals surface area contributed by atoms with E-state index < -0.39 is 0 Å². The van der Waals surface area contributed by atoms with E-state index in [9.17, 15) is 0 Å². The molecule has 0 fully saturated rings. The SMILES string of the molecule is CC(=[N-])c1[c-]cccc1.[W+2]. The Morgan fingerprint density at radius 1 is 1.50 bits per heavy atom. The van der Waals surface area contributed by atoms with Gasteiger partial charge >= 0.3 is 21.1 Å². The molecule has 0 spiro atoms. The third kappa shape index (κ3) is 2.45. The molecular weight excluding hydrogens is 294 g/mol. The van der Waals surface area contributed by atoms with Crippen molar-refractivity contribution in [3.8, 4) is 0 Å². The Labute approximate surface area is 75.2 Å². The number of benzene rings is 1. The summed E-state index contributed by atoms with van der Waals surface area (Å²) in [4.78, 5) is 0. The first-order valence-corrected chi connectivity index (χ1v) is 2.80. The van der Waals surface area contributed by atoms with Crippen molar-refractivity contribution >= 4 is 5.71 Å². The number of hydrogen-bond acceptors (Lipinski definition) is 0. The first kappa shape index (κ1) is 9.58. The van der Waals surface area contributed by atoms with Crippen molar-refractivity contribution < 1.29 is 21.1 Å². The summed E-state index contributed by atoms with van der Waals surface area (Å²) < 4.78 is 0. The zero-order valence-corrected chi connectivity index (χ0v) is 8.60. The summed E-state index contributed by atoms with van der Waals surface area (Å²) in [5, 5.41) is 8.91. The van der Waals surface area contributed by atoms with Gasteiger partial charge in [-0.25, -0.2) is 0 Å². The summed E-state index contributed by atoms with van der Waals surface area (Å²) in [7, 11) is 0. The Bertz CT molecular complexity index is 206. The van der Waals surface area contributed by atoms with Crippen molar-refractivity contribution in [1.82, 2.24) is 0 Å². The molecule has 1 nitrogen and oxygen atoms in total. The van der Waals surface area contributed by atoms with E-state index in [0.717, 1.165) is 5.56 Å². The van der Waals surface area contributed by atoms with E-state index in [2.05, 4.69) is 6.07 Å². The standard InChI is InChI=1S/C8H7N.W/c1-7(9)8-5-3-2-4-6-8;/h2-5H,1H3;/q-2;+2. The number of nitrogens with zero attached hydrogens (tertiary/aromatic N) is 1. The molecule has 50 valence electrons. The molecular formula is C8H7NW. The first-order chi connectivity index (χ1) is 4.30. The predicted octanol–water partition coefficient (Wildman–Crippen LogP) is 1.86. The second-order valence-electron chi connectivity index (χ2n) is 1.86. The maximum atomic E-state index is 8.91. The molecule has 0 saturated carbocycles. The quantitative estimate of drug-likeness (QED) is 0.558. The zero-order valence-electron chi connectivity index (χ0n) is 5.66. The minimum Gasteiger partial charge on any atom is -0.859 e. The van der Waals surface area contributed by atoms with Gasteiger partial charge in [0.15, 0.2) is 0 Å². The molecule has 0 aromatic heterocycles. The van der Waals surface area contributed by atoms with Crippen LogP contribution in [-0.2, 0) is 21.1 Å². The fraction of sp³-hybridized carbons (Fsp3) is 0.125. The van der Waals surface area contributed by atoms with Crippen LogP contribution in [0.2, 0.25) is 0 Å². The molecule has 0 amide bonds. The van der Waals surface area contributed by atoms with Crippen molar-refractivity contribution in [2.45, 2.75) is 6.92 Å². The molecule has 1 rings (SSSR count). The maximum Gasteiger partial charge on any atom is 2.00 e. The molecule has 0 aliphatic rings. The van der Waals surface area contributed by atoms with Crippen LogP contribution in [-0.4, -0.2) is 5.71 Å². The number of hydrogen-bond donors (Lipinski definition) is 0. The van der Waals surface area contributed by atoms with Gasteiger partial charge in [0.1, 0.15) is 0 Å². The van der Waals surface area contributed by atoms with Gasteiger partial charge in [0, 0.05) is 0 Å². The summed E-state index contributed by atoms with van der Waals surface area (Å²) in [6.45, 7) is 1.64. The van der Waals surface area contributed by atoms with Crippen LogP contribution in [0.4, 0.5) is 0 Å². The van der Waals surface area contributed by atoms with Crippen LogP contribution in [0.1, 0.15) is 12.5 Å². The van der Waals surface area contributed by atoms with Gasteiger partial charge < -0.3 is 5.41 Å². The van der Waals surface area contributed by atoms with Crippen molar-refractivity contribution in [3.63, 3.8) is 0 Å². The van der Waals surface area contributed by atoms with E-state index in [-0.39, 0.29) is 21.1 Å². The van der Waals surface area contributed by atoms with Crippen LogP contribution in [0, 0.1) is 6.07 Å². The largest absolute Gasteiger partial charge is 2.00 e. The average molecular weight is 301 g/mol. The summed E-state index contributed by atoms with van der Waals surface area (Å²) in [5.74, 6) is 0. The van der Waals surface area contributed by atoms with Crippen molar-refractivity contribution in [2.24, 2.45) is 0 Å².